The summed E-state index contributed by atoms with van der Waals surface area (Å²) in [5, 5.41) is 13.5. The van der Waals surface area contributed by atoms with Gasteiger partial charge < -0.3 is 9.80 Å². The number of benzene rings is 1. The van der Waals surface area contributed by atoms with Gasteiger partial charge in [0.2, 0.25) is 0 Å². The number of aryl methyl sites for hydroxylation is 1. The summed E-state index contributed by atoms with van der Waals surface area (Å²) in [6.07, 6.45) is 0. The molecule has 1 aromatic heterocycles. The normalized spacial score (nSPS) is 16.0. The lowest BCUT2D eigenvalue weighted by Crippen LogP contribution is -2.45. The van der Waals surface area contributed by atoms with Gasteiger partial charge in [0.25, 0.3) is 0 Å². The van der Waals surface area contributed by atoms with Gasteiger partial charge in [-0.2, -0.15) is 10.4 Å². The van der Waals surface area contributed by atoms with Gasteiger partial charge in [-0.25, -0.2) is 4.68 Å². The van der Waals surface area contributed by atoms with E-state index in [1.807, 2.05) is 35.9 Å². The van der Waals surface area contributed by atoms with Gasteiger partial charge in [-0.3, -0.25) is 0 Å². The first-order valence-electron chi connectivity index (χ1n) is 7.18. The van der Waals surface area contributed by atoms with E-state index in [2.05, 4.69) is 34.1 Å². The van der Waals surface area contributed by atoms with E-state index in [4.69, 9.17) is 5.26 Å². The van der Waals surface area contributed by atoms with Gasteiger partial charge in [-0.15, -0.1) is 0 Å². The third-order valence-electron chi connectivity index (χ3n) is 3.88. The maximum atomic E-state index is 8.90. The summed E-state index contributed by atoms with van der Waals surface area (Å²) in [5.41, 5.74) is 2.67. The predicted octanol–water partition coefficient (Wildman–Crippen LogP) is 1.80. The maximum absolute atomic E-state index is 8.90. The van der Waals surface area contributed by atoms with Gasteiger partial charge in [0, 0.05) is 32.2 Å². The minimum Gasteiger partial charge on any atom is -0.354 e. The molecule has 2 heterocycles. The van der Waals surface area contributed by atoms with Crippen molar-refractivity contribution in [2.24, 2.45) is 0 Å². The Balaban J connectivity index is 1.93. The molecule has 0 bridgehead atoms. The van der Waals surface area contributed by atoms with E-state index in [1.54, 1.807) is 0 Å². The molecule has 5 heteroatoms. The molecule has 1 aliphatic rings. The molecule has 1 aliphatic heterocycles. The fourth-order valence-electron chi connectivity index (χ4n) is 2.61. The Labute approximate surface area is 125 Å². The highest BCUT2D eigenvalue weighted by Crippen LogP contribution is 2.22. The van der Waals surface area contributed by atoms with Crippen LogP contribution in [0.15, 0.2) is 30.3 Å². The van der Waals surface area contributed by atoms with Crippen LogP contribution in [0.2, 0.25) is 0 Å². The summed E-state index contributed by atoms with van der Waals surface area (Å²) in [5.74, 6) is 1.13. The predicted molar refractivity (Wildman–Crippen MR) is 82.7 cm³/mol. The molecule has 108 valence electrons. The quantitative estimate of drug-likeness (QED) is 0.842. The lowest BCUT2D eigenvalue weighted by atomic mass is 10.2. The number of anilines is 1. The second-order valence-electron chi connectivity index (χ2n) is 5.50. The second-order valence-corrected chi connectivity index (χ2v) is 5.50. The van der Waals surface area contributed by atoms with Crippen LogP contribution in [0.5, 0.6) is 0 Å². The summed E-state index contributed by atoms with van der Waals surface area (Å²) in [7, 11) is 2.15. The monoisotopic (exact) mass is 281 g/mol. The first-order valence-corrected chi connectivity index (χ1v) is 7.18. The molecule has 21 heavy (non-hydrogen) atoms. The van der Waals surface area contributed by atoms with Crippen LogP contribution in [0.4, 0.5) is 5.82 Å². The van der Waals surface area contributed by atoms with Crippen LogP contribution >= 0.6 is 0 Å². The average Bonchev–Trinajstić information content (AvgIpc) is 2.90. The van der Waals surface area contributed by atoms with E-state index in [0.717, 1.165) is 43.4 Å². The zero-order chi connectivity index (χ0) is 14.8. The van der Waals surface area contributed by atoms with Crippen LogP contribution in [0.3, 0.4) is 0 Å². The zero-order valence-electron chi connectivity index (χ0n) is 12.5. The highest BCUT2D eigenvalue weighted by molar-refractivity contribution is 5.50. The largest absolute Gasteiger partial charge is 0.354 e. The number of hydrogen-bond acceptors (Lipinski definition) is 4. The Morgan fingerprint density at radius 1 is 1.10 bits per heavy atom. The summed E-state index contributed by atoms with van der Waals surface area (Å²) < 4.78 is 1.97. The first kappa shape index (κ1) is 13.7. The maximum Gasteiger partial charge on any atom is 0.132 e. The van der Waals surface area contributed by atoms with Crippen LogP contribution in [0.25, 0.3) is 5.69 Å². The Morgan fingerprint density at radius 3 is 2.38 bits per heavy atom. The molecule has 3 rings (SSSR count). The van der Waals surface area contributed by atoms with Crippen LogP contribution in [0.1, 0.15) is 11.3 Å². The van der Waals surface area contributed by atoms with E-state index < -0.39 is 0 Å². The molecule has 0 N–H and O–H groups in total. The van der Waals surface area contributed by atoms with Gasteiger partial charge in [-0.05, 0) is 38.2 Å². The number of likely N-dealkylation sites (N-methyl/N-ethyl adjacent to an activating group) is 1. The first-order chi connectivity index (χ1) is 10.2. The molecule has 0 atom stereocenters. The highest BCUT2D eigenvalue weighted by atomic mass is 15.4. The van der Waals surface area contributed by atoms with Crippen molar-refractivity contribution >= 4 is 5.82 Å². The highest BCUT2D eigenvalue weighted by Gasteiger charge is 2.19. The number of aromatic nitrogens is 2. The molecule has 0 aliphatic carbocycles. The van der Waals surface area contributed by atoms with E-state index in [0.29, 0.717) is 5.56 Å². The molecule has 1 saturated heterocycles. The average molecular weight is 281 g/mol. The third kappa shape index (κ3) is 2.76. The van der Waals surface area contributed by atoms with Crippen LogP contribution in [-0.2, 0) is 0 Å². The standard InChI is InChI=1S/C16H19N5/c1-13-11-16(20-9-7-19(2)8-10-20)21(18-13)15-5-3-14(12-17)4-6-15/h3-6,11H,7-10H2,1-2H3. The fourth-order valence-corrected chi connectivity index (χ4v) is 2.61. The molecule has 0 saturated carbocycles. The van der Waals surface area contributed by atoms with Crippen molar-refractivity contribution in [3.8, 4) is 11.8 Å². The van der Waals surface area contributed by atoms with Gasteiger partial charge in [0.1, 0.15) is 5.82 Å². The second kappa shape index (κ2) is 5.58. The Morgan fingerprint density at radius 2 is 1.76 bits per heavy atom. The molecule has 0 amide bonds. The lowest BCUT2D eigenvalue weighted by Gasteiger charge is -2.33. The van der Waals surface area contributed by atoms with Crippen molar-refractivity contribution < 1.29 is 0 Å². The van der Waals surface area contributed by atoms with E-state index in [-0.39, 0.29) is 0 Å². The number of rotatable bonds is 2. The summed E-state index contributed by atoms with van der Waals surface area (Å²) in [4.78, 5) is 4.71. The molecule has 2 aromatic rings. The van der Waals surface area contributed by atoms with Crippen molar-refractivity contribution in [3.63, 3.8) is 0 Å². The topological polar surface area (TPSA) is 48.1 Å². The molecular weight excluding hydrogens is 262 g/mol. The molecule has 0 unspecified atom stereocenters. The summed E-state index contributed by atoms with van der Waals surface area (Å²) >= 11 is 0. The third-order valence-corrected chi connectivity index (χ3v) is 3.88. The van der Waals surface area contributed by atoms with Crippen LogP contribution < -0.4 is 4.90 Å². The van der Waals surface area contributed by atoms with E-state index in [1.165, 1.54) is 0 Å². The van der Waals surface area contributed by atoms with Gasteiger partial charge in [0.05, 0.1) is 23.0 Å². The van der Waals surface area contributed by atoms with E-state index in [9.17, 15) is 0 Å². The van der Waals surface area contributed by atoms with Crippen molar-refractivity contribution in [3.05, 3.63) is 41.6 Å². The van der Waals surface area contributed by atoms with Gasteiger partial charge >= 0.3 is 0 Å². The minimum absolute atomic E-state index is 0.670. The van der Waals surface area contributed by atoms with Gasteiger partial charge in [-0.1, -0.05) is 0 Å². The molecule has 1 fully saturated rings. The zero-order valence-corrected chi connectivity index (χ0v) is 12.5. The molecule has 0 radical (unpaired) electrons. The van der Waals surface area contributed by atoms with Crippen LogP contribution in [0, 0.1) is 18.3 Å². The summed E-state index contributed by atoms with van der Waals surface area (Å²) in [6, 6.07) is 11.8. The van der Waals surface area contributed by atoms with E-state index >= 15 is 0 Å². The number of piperazine rings is 1. The molecular formula is C16H19N5. The molecule has 1 aromatic carbocycles. The molecule has 0 spiro atoms. The Bertz CT molecular complexity index is 657. The van der Waals surface area contributed by atoms with Gasteiger partial charge in [0.15, 0.2) is 0 Å². The van der Waals surface area contributed by atoms with Crippen molar-refractivity contribution in [1.29, 1.82) is 5.26 Å². The van der Waals surface area contributed by atoms with Crippen molar-refractivity contribution in [2.75, 3.05) is 38.1 Å². The summed E-state index contributed by atoms with van der Waals surface area (Å²) in [6.45, 7) is 6.17. The Kier molecular flexibility index (Phi) is 3.63. The minimum atomic E-state index is 0.670. The van der Waals surface area contributed by atoms with Crippen molar-refractivity contribution in [2.45, 2.75) is 6.92 Å². The number of nitrogens with zero attached hydrogens (tertiary/aromatic N) is 5. The number of nitriles is 1. The lowest BCUT2D eigenvalue weighted by molar-refractivity contribution is 0.311. The number of hydrogen-bond donors (Lipinski definition) is 0. The van der Waals surface area contributed by atoms with Crippen molar-refractivity contribution in [1.82, 2.24) is 14.7 Å². The fraction of sp³-hybridized carbons (Fsp3) is 0.375. The Hall–Kier alpha value is -2.32. The molecule has 5 nitrogen and oxygen atoms in total. The van der Waals surface area contributed by atoms with Crippen LogP contribution in [-0.4, -0.2) is 47.9 Å². The SMILES string of the molecule is Cc1cc(N2CCN(C)CC2)n(-c2ccc(C#N)cc2)n1. The smallest absolute Gasteiger partial charge is 0.132 e.